The molecule has 2 aliphatic rings. The summed E-state index contributed by atoms with van der Waals surface area (Å²) in [5, 5.41) is 0. The average Bonchev–Trinajstić information content (AvgIpc) is 3.12. The van der Waals surface area contributed by atoms with Crippen LogP contribution >= 0.6 is 0 Å². The van der Waals surface area contributed by atoms with Gasteiger partial charge in [0.1, 0.15) is 0 Å². The second-order valence-electron chi connectivity index (χ2n) is 9.58. The van der Waals surface area contributed by atoms with Crippen molar-refractivity contribution in [2.75, 3.05) is 40.5 Å². The quantitative estimate of drug-likeness (QED) is 0.699. The van der Waals surface area contributed by atoms with Gasteiger partial charge in [0.25, 0.3) is 0 Å². The lowest BCUT2D eigenvalue weighted by Gasteiger charge is -2.44. The molecule has 8 heteroatoms. The zero-order chi connectivity index (χ0) is 24.9. The molecular formula is C27H38N6O2. The monoisotopic (exact) mass is 478 g/mol. The molecule has 0 radical (unpaired) electrons. The fourth-order valence-electron chi connectivity index (χ4n) is 4.84. The van der Waals surface area contributed by atoms with Gasteiger partial charge < -0.3 is 15.2 Å². The van der Waals surface area contributed by atoms with Gasteiger partial charge in [0.15, 0.2) is 0 Å². The van der Waals surface area contributed by atoms with Crippen molar-refractivity contribution in [2.45, 2.75) is 51.7 Å². The van der Waals surface area contributed by atoms with Crippen LogP contribution in [0.3, 0.4) is 0 Å². The van der Waals surface area contributed by atoms with Crippen molar-refractivity contribution in [3.05, 3.63) is 53.5 Å². The second-order valence-corrected chi connectivity index (χ2v) is 9.58. The highest BCUT2D eigenvalue weighted by atomic mass is 16.5. The van der Waals surface area contributed by atoms with Crippen LogP contribution in [0.2, 0.25) is 0 Å². The molecule has 0 amide bonds. The van der Waals surface area contributed by atoms with Crippen LogP contribution in [0.1, 0.15) is 50.9 Å². The van der Waals surface area contributed by atoms with Crippen LogP contribution in [0, 0.1) is 0 Å². The smallest absolute Gasteiger partial charge is 0.213 e. The van der Waals surface area contributed by atoms with Gasteiger partial charge in [-0.15, -0.1) is 0 Å². The lowest BCUT2D eigenvalue weighted by Crippen LogP contribution is -2.55. The zero-order valence-electron chi connectivity index (χ0n) is 21.6. The molecule has 2 aromatic rings. The van der Waals surface area contributed by atoms with Crippen molar-refractivity contribution in [1.29, 1.82) is 0 Å². The number of aliphatic imine (C=N–C) groups is 1. The van der Waals surface area contributed by atoms with Crippen molar-refractivity contribution in [3.8, 4) is 5.88 Å². The van der Waals surface area contributed by atoms with Crippen LogP contribution in [0.15, 0.2) is 47.2 Å². The molecule has 0 aromatic carbocycles. The molecule has 188 valence electrons. The first-order valence-electron chi connectivity index (χ1n) is 12.4. The van der Waals surface area contributed by atoms with E-state index >= 15 is 0 Å². The molecule has 35 heavy (non-hydrogen) atoms. The number of hydrogen-bond acceptors (Lipinski definition) is 8. The third kappa shape index (κ3) is 5.89. The predicted molar refractivity (Wildman–Crippen MR) is 140 cm³/mol. The first kappa shape index (κ1) is 25.3. The Bertz CT molecular complexity index is 1060. The van der Waals surface area contributed by atoms with Crippen LogP contribution in [-0.4, -0.2) is 78.0 Å². The Labute approximate surface area is 208 Å². The largest absolute Gasteiger partial charge is 0.481 e. The van der Waals surface area contributed by atoms with Gasteiger partial charge in [-0.05, 0) is 58.0 Å². The summed E-state index contributed by atoms with van der Waals surface area (Å²) in [6.07, 6.45) is 5.01. The van der Waals surface area contributed by atoms with Crippen molar-refractivity contribution in [3.63, 3.8) is 0 Å². The van der Waals surface area contributed by atoms with E-state index in [2.05, 4.69) is 48.7 Å². The molecule has 2 unspecified atom stereocenters. The third-order valence-electron chi connectivity index (χ3n) is 7.30. The Balaban J connectivity index is 1.63. The van der Waals surface area contributed by atoms with Crippen molar-refractivity contribution in [1.82, 2.24) is 19.8 Å². The minimum Gasteiger partial charge on any atom is -0.481 e. The molecule has 8 nitrogen and oxygen atoms in total. The summed E-state index contributed by atoms with van der Waals surface area (Å²) in [5.41, 5.74) is 12.3. The number of hydrogen-bond donors (Lipinski definition) is 1. The van der Waals surface area contributed by atoms with Crippen LogP contribution < -0.4 is 10.5 Å². The molecular weight excluding hydrogens is 440 g/mol. The number of likely N-dealkylation sites (N-methyl/N-ethyl adjacent to an activating group) is 1. The molecule has 2 fully saturated rings. The topological polar surface area (TPSA) is 89.1 Å². The Morgan fingerprint density at radius 3 is 2.57 bits per heavy atom. The van der Waals surface area contributed by atoms with Crippen molar-refractivity contribution >= 4 is 17.1 Å². The minimum absolute atomic E-state index is 0.210. The minimum atomic E-state index is 0.210. The summed E-state index contributed by atoms with van der Waals surface area (Å²) in [6, 6.07) is 9.08. The maximum Gasteiger partial charge on any atom is 0.213 e. The van der Waals surface area contributed by atoms with Crippen LogP contribution in [0.4, 0.5) is 5.69 Å². The standard InChI is InChI=1S/C27H38N6O2/c1-18-16-33(17-19(2)32(18)4)20(3)25-14-21(8-11-29-25)27(28)23-9-12-35-13-10-24(23)31-22-6-7-26(34-5)30-15-22/h6-8,11,14-15,18-20H,9-10,12-13,16-17,28H2,1-5H3/t18?,19?,20-/m0/s1. The van der Waals surface area contributed by atoms with E-state index < -0.39 is 0 Å². The van der Waals surface area contributed by atoms with Crippen LogP contribution in [0.5, 0.6) is 5.88 Å². The molecule has 2 saturated heterocycles. The number of nitrogens with zero attached hydrogens (tertiary/aromatic N) is 5. The van der Waals surface area contributed by atoms with Gasteiger partial charge in [-0.1, -0.05) is 0 Å². The lowest BCUT2D eigenvalue weighted by molar-refractivity contribution is 0.0367. The van der Waals surface area contributed by atoms with Gasteiger partial charge in [-0.25, -0.2) is 4.98 Å². The molecule has 3 atom stereocenters. The second kappa shape index (κ2) is 11.3. The van der Waals surface area contributed by atoms with Crippen LogP contribution in [0.25, 0.3) is 5.70 Å². The number of rotatable bonds is 5. The zero-order valence-corrected chi connectivity index (χ0v) is 21.6. The van der Waals surface area contributed by atoms with Gasteiger partial charge in [-0.3, -0.25) is 19.8 Å². The van der Waals surface area contributed by atoms with E-state index in [-0.39, 0.29) is 6.04 Å². The number of methoxy groups -OCH3 is 1. The molecule has 2 aliphatic heterocycles. The Hall–Kier alpha value is -2.81. The maximum absolute atomic E-state index is 6.80. The van der Waals surface area contributed by atoms with Gasteiger partial charge in [-0.2, -0.15) is 0 Å². The summed E-state index contributed by atoms with van der Waals surface area (Å²) in [4.78, 5) is 18.9. The number of piperazine rings is 1. The third-order valence-corrected chi connectivity index (χ3v) is 7.30. The molecule has 4 rings (SSSR count). The number of pyridine rings is 2. The highest BCUT2D eigenvalue weighted by Crippen LogP contribution is 2.28. The lowest BCUT2D eigenvalue weighted by atomic mass is 9.98. The summed E-state index contributed by atoms with van der Waals surface area (Å²) < 4.78 is 10.9. The molecule has 0 spiro atoms. The molecule has 2 aromatic heterocycles. The first-order chi connectivity index (χ1) is 16.9. The van der Waals surface area contributed by atoms with E-state index in [0.29, 0.717) is 37.6 Å². The summed E-state index contributed by atoms with van der Waals surface area (Å²) in [6.45, 7) is 10.1. The Morgan fingerprint density at radius 1 is 1.14 bits per heavy atom. The highest BCUT2D eigenvalue weighted by Gasteiger charge is 2.30. The maximum atomic E-state index is 6.80. The summed E-state index contributed by atoms with van der Waals surface area (Å²) in [7, 11) is 3.81. The van der Waals surface area contributed by atoms with E-state index in [4.69, 9.17) is 25.2 Å². The SMILES string of the molecule is COc1ccc(N=C2CCOCCC2=C(N)c2ccnc([C@H](C)N3CC(C)N(C)C(C)C3)c2)cn1. The number of aromatic nitrogens is 2. The normalized spacial score (nSPS) is 25.8. The molecule has 0 saturated carbocycles. The fraction of sp³-hybridized carbons (Fsp3) is 0.519. The van der Waals surface area contributed by atoms with E-state index in [1.54, 1.807) is 13.3 Å². The van der Waals surface area contributed by atoms with Gasteiger partial charge in [0, 0.05) is 66.9 Å². The van der Waals surface area contributed by atoms with E-state index in [9.17, 15) is 0 Å². The molecule has 0 bridgehead atoms. The van der Waals surface area contributed by atoms with Crippen molar-refractivity contribution < 1.29 is 9.47 Å². The van der Waals surface area contributed by atoms with E-state index in [0.717, 1.165) is 53.4 Å². The molecule has 4 heterocycles. The Kier molecular flexibility index (Phi) is 8.15. The summed E-state index contributed by atoms with van der Waals surface area (Å²) in [5.74, 6) is 0.566. The van der Waals surface area contributed by atoms with E-state index in [1.165, 1.54) is 0 Å². The average molecular weight is 479 g/mol. The number of nitrogens with two attached hydrogens (primary N) is 1. The highest BCUT2D eigenvalue weighted by molar-refractivity contribution is 6.07. The van der Waals surface area contributed by atoms with E-state index in [1.807, 2.05) is 24.4 Å². The van der Waals surface area contributed by atoms with Crippen molar-refractivity contribution in [2.24, 2.45) is 10.7 Å². The first-order valence-corrected chi connectivity index (χ1v) is 12.4. The fourth-order valence-corrected chi connectivity index (χ4v) is 4.84. The molecule has 0 aliphatic carbocycles. The Morgan fingerprint density at radius 2 is 1.89 bits per heavy atom. The molecule has 2 N–H and O–H groups in total. The number of ether oxygens (including phenoxy) is 2. The van der Waals surface area contributed by atoms with Gasteiger partial charge in [0.2, 0.25) is 5.88 Å². The van der Waals surface area contributed by atoms with Crippen LogP contribution in [-0.2, 0) is 4.74 Å². The summed E-state index contributed by atoms with van der Waals surface area (Å²) >= 11 is 0. The van der Waals surface area contributed by atoms with Gasteiger partial charge >= 0.3 is 0 Å². The van der Waals surface area contributed by atoms with Gasteiger partial charge in [0.05, 0.1) is 37.9 Å². The predicted octanol–water partition coefficient (Wildman–Crippen LogP) is 3.82.